The van der Waals surface area contributed by atoms with Gasteiger partial charge in [-0.25, -0.2) is 9.59 Å². The lowest BCUT2D eigenvalue weighted by molar-refractivity contribution is -0.135. The Morgan fingerprint density at radius 3 is 0.967 bits per heavy atom. The van der Waals surface area contributed by atoms with Crippen LogP contribution < -0.4 is 5.32 Å². The van der Waals surface area contributed by atoms with Gasteiger partial charge in [-0.3, -0.25) is 19.2 Å². The molecule has 6 aliphatic rings. The van der Waals surface area contributed by atoms with Crippen LogP contribution in [0.1, 0.15) is 121 Å². The lowest BCUT2D eigenvalue weighted by atomic mass is 9.55. The Balaban J connectivity index is 0.000000186. The number of carbonyl (C=O) groups is 6. The van der Waals surface area contributed by atoms with Crippen molar-refractivity contribution in [3.8, 4) is 0 Å². The summed E-state index contributed by atoms with van der Waals surface area (Å²) in [5, 5.41) is 3.43. The second-order valence-corrected chi connectivity index (χ2v) is 25.7. The molecule has 91 heavy (non-hydrogen) atoms. The highest BCUT2D eigenvalue weighted by Gasteiger charge is 2.55. The summed E-state index contributed by atoms with van der Waals surface area (Å²) in [7, 11) is 0. The molecule has 11 rings (SSSR count). The topological polar surface area (TPSA) is 139 Å². The number of benzene rings is 5. The smallest absolute Gasteiger partial charge is 0.410 e. The van der Waals surface area contributed by atoms with Gasteiger partial charge in [0.05, 0.1) is 0 Å². The molecule has 474 valence electrons. The highest BCUT2D eigenvalue weighted by atomic mass is 35.5. The van der Waals surface area contributed by atoms with Gasteiger partial charge in [-0.2, -0.15) is 0 Å². The number of rotatable bonds is 10. The van der Waals surface area contributed by atoms with Crippen LogP contribution in [0.2, 0.25) is 0 Å². The van der Waals surface area contributed by atoms with Gasteiger partial charge in [0.1, 0.15) is 23.3 Å². The van der Waals surface area contributed by atoms with Crippen LogP contribution in [0.15, 0.2) is 229 Å². The number of nitrogens with zero attached hydrogens (tertiary/aromatic N) is 2. The molecule has 11 nitrogen and oxygen atoms in total. The molecule has 3 heterocycles. The van der Waals surface area contributed by atoms with Crippen molar-refractivity contribution in [1.82, 2.24) is 15.1 Å². The van der Waals surface area contributed by atoms with E-state index < -0.39 is 11.2 Å². The maximum atomic E-state index is 13.2. The first-order chi connectivity index (χ1) is 43.3. The summed E-state index contributed by atoms with van der Waals surface area (Å²) in [5.41, 5.74) is 7.92. The number of halogens is 1. The fourth-order valence-electron chi connectivity index (χ4n) is 12.2. The maximum absolute atomic E-state index is 13.2. The highest BCUT2D eigenvalue weighted by molar-refractivity contribution is 6.20. The number of likely N-dealkylation sites (tertiary alicyclic amines) is 2. The number of carbonyl (C=O) groups excluding carboxylic acids is 6. The zero-order valence-corrected chi connectivity index (χ0v) is 54.4. The quantitative estimate of drug-likeness (QED) is 0.107. The van der Waals surface area contributed by atoms with Crippen LogP contribution in [0.5, 0.6) is 0 Å². The number of allylic oxidation sites excluding steroid dienone is 13. The summed E-state index contributed by atoms with van der Waals surface area (Å²) in [6.07, 6.45) is 34.3. The third-order valence-corrected chi connectivity index (χ3v) is 17.0. The molecule has 12 heteroatoms. The van der Waals surface area contributed by atoms with Gasteiger partial charge in [-0.15, -0.1) is 12.4 Å². The Bertz CT molecular complexity index is 3390. The number of amides is 2. The average molecular weight is 1240 g/mol. The molecular weight excluding hydrogens is 1150 g/mol. The van der Waals surface area contributed by atoms with Gasteiger partial charge in [-0.05, 0) is 132 Å². The van der Waals surface area contributed by atoms with Gasteiger partial charge in [0.2, 0.25) is 0 Å². The monoisotopic (exact) mass is 1240 g/mol. The second-order valence-electron chi connectivity index (χ2n) is 25.7. The zero-order chi connectivity index (χ0) is 64.0. The molecule has 0 bridgehead atoms. The van der Waals surface area contributed by atoms with E-state index in [2.05, 4.69) is 41.7 Å². The van der Waals surface area contributed by atoms with Gasteiger partial charge < -0.3 is 24.6 Å². The number of aldehydes is 1. The van der Waals surface area contributed by atoms with Crippen LogP contribution in [0.25, 0.3) is 30.4 Å². The van der Waals surface area contributed by atoms with Crippen LogP contribution in [-0.2, 0) is 28.7 Å². The summed E-state index contributed by atoms with van der Waals surface area (Å²) in [6, 6.07) is 50.2. The van der Waals surface area contributed by atoms with Gasteiger partial charge in [0.25, 0.3) is 0 Å². The molecule has 3 saturated carbocycles. The number of Topliss-reactive ketones (excluding diaryl/α,β-unsaturated/α-hetero) is 3. The minimum absolute atomic E-state index is 0. The highest BCUT2D eigenvalue weighted by Crippen LogP contribution is 2.56. The molecule has 6 fully saturated rings. The molecular formula is C79H88ClN3O8. The first kappa shape index (κ1) is 69.7. The Hall–Kier alpha value is -8.77. The molecule has 3 spiro atoms. The van der Waals surface area contributed by atoms with Crippen molar-refractivity contribution in [3.05, 3.63) is 256 Å². The summed E-state index contributed by atoms with van der Waals surface area (Å²) >= 11 is 0. The average Bonchev–Trinajstić information content (AvgIpc) is 0.765. The Kier molecular flexibility index (Phi) is 25.1. The third-order valence-electron chi connectivity index (χ3n) is 17.0. The van der Waals surface area contributed by atoms with Crippen LogP contribution in [0.3, 0.4) is 0 Å². The third kappa shape index (κ3) is 19.6. The number of ketones is 3. The minimum atomic E-state index is -0.529. The van der Waals surface area contributed by atoms with Gasteiger partial charge in [-0.1, -0.05) is 231 Å². The van der Waals surface area contributed by atoms with Crippen molar-refractivity contribution in [2.24, 2.45) is 16.2 Å². The normalized spacial score (nSPS) is 20.0. The molecule has 0 radical (unpaired) electrons. The number of ether oxygens (including phenoxy) is 2. The van der Waals surface area contributed by atoms with Crippen molar-refractivity contribution in [2.45, 2.75) is 104 Å². The molecule has 3 aliphatic heterocycles. The molecule has 3 saturated heterocycles. The standard InChI is InChI=1S/C31H33NO3.C26H25NO.C13H21NO3.C9H8O.ClH/c1-30(2,3)35-29(34)32-22-20-31(21-23-32)26(18-10-16-24-12-6-4-7-13-24)28(33)27(31)19-11-17-25-14-8-5-9-15-25;28-25-23(15-7-13-21-9-3-1-4-10-21)26(17-19-27-20-18-26)24(25)16-8-14-22-11-5-2-6-12-22;1-12(2,3)17-11(16)14-6-4-13(5-7-14)8-10(15)9-13;10-8-4-7-9-5-2-1-3-6-9;/h4-19H,20-23H2,1-3H3;1-16,27H,17-20H2;4-9H2,1-3H3;1-8H;1H/b16-10+,17-11+,26-18-,27-19-;13-7+,14-8+,23-15-,24-16-;;7-4+;. The Labute approximate surface area is 545 Å². The van der Waals surface area contributed by atoms with Crippen molar-refractivity contribution in [1.29, 1.82) is 0 Å². The van der Waals surface area contributed by atoms with Crippen LogP contribution in [-0.4, -0.2) is 96.1 Å². The van der Waals surface area contributed by atoms with E-state index in [0.29, 0.717) is 31.7 Å². The molecule has 0 aromatic heterocycles. The van der Waals surface area contributed by atoms with E-state index in [4.69, 9.17) is 9.47 Å². The van der Waals surface area contributed by atoms with E-state index in [-0.39, 0.29) is 52.4 Å². The van der Waals surface area contributed by atoms with E-state index in [1.165, 1.54) is 6.08 Å². The van der Waals surface area contributed by atoms with E-state index >= 15 is 0 Å². The molecule has 1 N–H and O–H groups in total. The first-order valence-electron chi connectivity index (χ1n) is 31.5. The Morgan fingerprint density at radius 1 is 0.418 bits per heavy atom. The lowest BCUT2D eigenvalue weighted by Crippen LogP contribution is -2.53. The van der Waals surface area contributed by atoms with Crippen molar-refractivity contribution in [2.75, 3.05) is 39.3 Å². The fourth-order valence-corrected chi connectivity index (χ4v) is 12.2. The number of hydrogen-bond acceptors (Lipinski definition) is 9. The largest absolute Gasteiger partial charge is 0.444 e. The maximum Gasteiger partial charge on any atom is 0.410 e. The van der Waals surface area contributed by atoms with E-state index in [1.807, 2.05) is 230 Å². The van der Waals surface area contributed by atoms with Crippen molar-refractivity contribution >= 4 is 78.6 Å². The lowest BCUT2D eigenvalue weighted by Gasteiger charge is -2.50. The van der Waals surface area contributed by atoms with Crippen LogP contribution >= 0.6 is 12.4 Å². The number of nitrogens with one attached hydrogen (secondary N) is 1. The summed E-state index contributed by atoms with van der Waals surface area (Å²) < 4.78 is 10.9. The predicted molar refractivity (Wildman–Crippen MR) is 371 cm³/mol. The number of piperidine rings is 3. The van der Waals surface area contributed by atoms with Crippen LogP contribution in [0, 0.1) is 16.2 Å². The predicted octanol–water partition coefficient (Wildman–Crippen LogP) is 16.8. The van der Waals surface area contributed by atoms with Gasteiger partial charge in [0, 0.05) is 72.1 Å². The molecule has 5 aromatic carbocycles. The first-order valence-corrected chi connectivity index (χ1v) is 31.5. The SMILES string of the molecule is CC(C)(C)OC(=O)N1CCC2(CC1)/C(=C\C=C\c1ccccc1)C(=O)/C2=C/C=C/c1ccccc1.CC(C)(C)OC(=O)N1CCC2(CC1)CC(=O)C2.Cl.O=C/C=C/c1ccccc1.O=C1/C(=C/C=C/c2ccccc2)C2(CCNCC2)/C1=C\C=C\c1ccccc1. The second kappa shape index (κ2) is 32.8. The van der Waals surface area contributed by atoms with E-state index in [9.17, 15) is 28.8 Å². The molecule has 3 aliphatic carbocycles. The fraction of sp³-hybridized carbons (Fsp3) is 0.316. The van der Waals surface area contributed by atoms with Crippen molar-refractivity contribution in [3.63, 3.8) is 0 Å². The summed E-state index contributed by atoms with van der Waals surface area (Å²) in [4.78, 5) is 75.0. The summed E-state index contributed by atoms with van der Waals surface area (Å²) in [6.45, 7) is 15.7. The summed E-state index contributed by atoms with van der Waals surface area (Å²) in [5.74, 6) is 0.652. The minimum Gasteiger partial charge on any atom is -0.444 e. The van der Waals surface area contributed by atoms with E-state index in [0.717, 1.165) is 121 Å². The molecule has 0 unspecified atom stereocenters. The van der Waals surface area contributed by atoms with Gasteiger partial charge >= 0.3 is 12.2 Å². The zero-order valence-electron chi connectivity index (χ0n) is 53.6. The van der Waals surface area contributed by atoms with Crippen molar-refractivity contribution < 1.29 is 38.2 Å². The van der Waals surface area contributed by atoms with E-state index in [1.54, 1.807) is 15.9 Å². The van der Waals surface area contributed by atoms with Crippen LogP contribution in [0.4, 0.5) is 9.59 Å². The molecule has 5 aromatic rings. The molecule has 0 atom stereocenters. The number of hydrogen-bond donors (Lipinski definition) is 1. The van der Waals surface area contributed by atoms with Gasteiger partial charge in [0.15, 0.2) is 11.6 Å². The Morgan fingerprint density at radius 2 is 0.692 bits per heavy atom. The molecule has 2 amide bonds.